The minimum absolute atomic E-state index is 0.0309. The van der Waals surface area contributed by atoms with E-state index in [1.54, 1.807) is 5.57 Å². The van der Waals surface area contributed by atoms with Crippen LogP contribution in [0.1, 0.15) is 186 Å². The number of thioether (sulfide) groups is 1. The number of nitrogens with zero attached hydrogens (tertiary/aromatic N) is 1. The molecule has 5 aliphatic rings. The van der Waals surface area contributed by atoms with Gasteiger partial charge in [-0.15, -0.1) is 0 Å². The summed E-state index contributed by atoms with van der Waals surface area (Å²) in [4.78, 5) is 5.85. The number of benzene rings is 5. The Kier molecular flexibility index (Phi) is 13.9. The maximum atomic E-state index is 2.91. The first-order valence-electron chi connectivity index (χ1n) is 28.5. The molecular formula is C72H86BNS. The highest BCUT2D eigenvalue weighted by Crippen LogP contribution is 2.53. The Balaban J connectivity index is 1.21. The van der Waals surface area contributed by atoms with E-state index in [9.17, 15) is 0 Å². The van der Waals surface area contributed by atoms with E-state index in [1.807, 2.05) is 11.8 Å². The lowest BCUT2D eigenvalue weighted by atomic mass is 9.33. The van der Waals surface area contributed by atoms with Crippen molar-refractivity contribution >= 4 is 51.1 Å². The molecule has 0 saturated heterocycles. The van der Waals surface area contributed by atoms with E-state index in [-0.39, 0.29) is 40.3 Å². The maximum absolute atomic E-state index is 2.91. The summed E-state index contributed by atoms with van der Waals surface area (Å²) < 4.78 is 0. The average Bonchev–Trinajstić information content (AvgIpc) is 3.68. The SMILES string of the molecule is CC1=CC(C(C)(C)C)=CCC1C1=CCCC(N2c3cc(C(c4ccc(C(C)(C)C)cc4)c4ccc(C(C)(C)C)cc4)ccc3B(c3cccc(C4=C(C)C5CC=CC=C5S4)c3C)c3c(C)cc(C(C)(C)C)cc32)C1C. The van der Waals surface area contributed by atoms with E-state index in [0.717, 1.165) is 25.7 Å². The summed E-state index contributed by atoms with van der Waals surface area (Å²) in [5.74, 6) is 1.30. The van der Waals surface area contributed by atoms with Gasteiger partial charge in [-0.3, -0.25) is 0 Å². The first-order chi connectivity index (χ1) is 35.3. The molecule has 3 heteroatoms. The lowest BCUT2D eigenvalue weighted by Crippen LogP contribution is -2.61. The Morgan fingerprint density at radius 2 is 1.24 bits per heavy atom. The van der Waals surface area contributed by atoms with Gasteiger partial charge < -0.3 is 4.90 Å². The molecular weight excluding hydrogens is 922 g/mol. The van der Waals surface area contributed by atoms with Gasteiger partial charge in [0.15, 0.2) is 0 Å². The van der Waals surface area contributed by atoms with Crippen LogP contribution in [0.4, 0.5) is 11.4 Å². The van der Waals surface area contributed by atoms with Crippen molar-refractivity contribution in [3.05, 3.63) is 211 Å². The number of allylic oxidation sites excluding steroid dienone is 10. The molecule has 75 heavy (non-hydrogen) atoms. The molecule has 388 valence electrons. The molecule has 0 amide bonds. The molecule has 0 N–H and O–H groups in total. The van der Waals surface area contributed by atoms with E-state index in [2.05, 4.69) is 256 Å². The normalized spacial score (nSPS) is 21.1. The van der Waals surface area contributed by atoms with Crippen molar-refractivity contribution < 1.29 is 0 Å². The van der Waals surface area contributed by atoms with E-state index >= 15 is 0 Å². The predicted molar refractivity (Wildman–Crippen MR) is 331 cm³/mol. The third kappa shape index (κ3) is 9.92. The highest BCUT2D eigenvalue weighted by atomic mass is 32.2. The zero-order valence-corrected chi connectivity index (χ0v) is 49.7. The van der Waals surface area contributed by atoms with E-state index < -0.39 is 0 Å². The fourth-order valence-corrected chi connectivity index (χ4v) is 14.9. The lowest BCUT2D eigenvalue weighted by molar-refractivity contribution is 0.418. The van der Waals surface area contributed by atoms with Crippen LogP contribution in [-0.4, -0.2) is 12.8 Å². The molecule has 5 aromatic carbocycles. The molecule has 1 nitrogen and oxygen atoms in total. The van der Waals surface area contributed by atoms with E-state index in [1.165, 1.54) is 104 Å². The van der Waals surface area contributed by atoms with Gasteiger partial charge in [-0.1, -0.05) is 251 Å². The van der Waals surface area contributed by atoms with Crippen molar-refractivity contribution in [1.29, 1.82) is 0 Å². The van der Waals surface area contributed by atoms with Crippen LogP contribution in [0.15, 0.2) is 161 Å². The van der Waals surface area contributed by atoms with Crippen LogP contribution in [0, 0.1) is 37.0 Å². The highest BCUT2D eigenvalue weighted by molar-refractivity contribution is 8.12. The highest BCUT2D eigenvalue weighted by Gasteiger charge is 2.44. The number of aryl methyl sites for hydroxylation is 1. The Morgan fingerprint density at radius 1 is 0.613 bits per heavy atom. The predicted octanol–water partition coefficient (Wildman–Crippen LogP) is 17.9. The molecule has 5 aromatic rings. The van der Waals surface area contributed by atoms with Crippen LogP contribution in [-0.2, 0) is 16.2 Å². The van der Waals surface area contributed by atoms with Crippen molar-refractivity contribution in [3.63, 3.8) is 0 Å². The van der Waals surface area contributed by atoms with Gasteiger partial charge in [-0.25, -0.2) is 0 Å². The molecule has 4 atom stereocenters. The van der Waals surface area contributed by atoms with Crippen molar-refractivity contribution in [3.8, 4) is 0 Å². The second-order valence-electron chi connectivity index (χ2n) is 27.4. The largest absolute Gasteiger partial charge is 0.339 e. The maximum Gasteiger partial charge on any atom is 0.247 e. The molecule has 0 spiro atoms. The lowest BCUT2D eigenvalue weighted by Gasteiger charge is -2.48. The number of anilines is 2. The number of fused-ring (bicyclic) bond motifs is 3. The summed E-state index contributed by atoms with van der Waals surface area (Å²) >= 11 is 2.01. The zero-order valence-electron chi connectivity index (χ0n) is 48.8. The van der Waals surface area contributed by atoms with Gasteiger partial charge in [0.05, 0.1) is 0 Å². The molecule has 0 aromatic heterocycles. The molecule has 2 aliphatic heterocycles. The Hall–Kier alpha value is -5.25. The van der Waals surface area contributed by atoms with Crippen molar-refractivity contribution in [2.45, 2.75) is 172 Å². The summed E-state index contributed by atoms with van der Waals surface area (Å²) in [5, 5.41) is 0. The van der Waals surface area contributed by atoms with Gasteiger partial charge in [0.1, 0.15) is 0 Å². The smallest absolute Gasteiger partial charge is 0.247 e. The van der Waals surface area contributed by atoms with Crippen molar-refractivity contribution in [1.82, 2.24) is 0 Å². The van der Waals surface area contributed by atoms with E-state index in [4.69, 9.17) is 0 Å². The first kappa shape index (κ1) is 53.2. The first-order valence-corrected chi connectivity index (χ1v) is 29.4. The summed E-state index contributed by atoms with van der Waals surface area (Å²) in [6, 6.07) is 39.7. The fourth-order valence-electron chi connectivity index (χ4n) is 13.5. The summed E-state index contributed by atoms with van der Waals surface area (Å²) in [5.41, 5.74) is 25.8. The third-order valence-corrected chi connectivity index (χ3v) is 19.6. The molecule has 2 heterocycles. The Labute approximate surface area is 459 Å². The van der Waals surface area contributed by atoms with Crippen molar-refractivity contribution in [2.75, 3.05) is 4.90 Å². The fraction of sp³-hybridized carbons (Fsp3) is 0.417. The standard InChI is InChI=1S/C72H86BNS/c1-44-40-54(71(12,13)14)37-38-56(44)57-23-21-26-62(47(57)4)74-63-42-51(66(49-28-33-52(34-29-49)69(6,7)8)50-30-35-53(36-31-50)70(9,10)11)32-39-61(63)73(67-45(2)41-55(43-64(67)74)72(15,16)17)60-25-20-24-59(46(60)3)68-48(5)58-22-18-19-27-65(58)75-68/h18-20,23-25,27-37,39-43,47,56,58,62,66H,21-22,26,38H2,1-17H3. The van der Waals surface area contributed by atoms with Crippen LogP contribution < -0.4 is 21.3 Å². The van der Waals surface area contributed by atoms with Crippen LogP contribution >= 0.6 is 11.8 Å². The summed E-state index contributed by atoms with van der Waals surface area (Å²) in [6.07, 6.45) is 19.0. The van der Waals surface area contributed by atoms with Gasteiger partial charge in [0, 0.05) is 40.1 Å². The molecule has 0 fully saturated rings. The summed E-state index contributed by atoms with van der Waals surface area (Å²) in [7, 11) is 0. The van der Waals surface area contributed by atoms with Crippen LogP contribution in [0.2, 0.25) is 0 Å². The number of rotatable bonds is 7. The second kappa shape index (κ2) is 19.6. The average molecular weight is 1010 g/mol. The monoisotopic (exact) mass is 1010 g/mol. The van der Waals surface area contributed by atoms with Gasteiger partial charge >= 0.3 is 0 Å². The molecule has 10 rings (SSSR count). The minimum Gasteiger partial charge on any atom is -0.339 e. The Morgan fingerprint density at radius 3 is 1.83 bits per heavy atom. The molecule has 3 aliphatic carbocycles. The number of hydrogen-bond donors (Lipinski definition) is 0. The quantitative estimate of drug-likeness (QED) is 0.0908. The van der Waals surface area contributed by atoms with Gasteiger partial charge in [-0.2, -0.15) is 0 Å². The number of hydrogen-bond acceptors (Lipinski definition) is 2. The molecule has 4 unspecified atom stereocenters. The topological polar surface area (TPSA) is 3.24 Å². The van der Waals surface area contributed by atoms with Gasteiger partial charge in [-0.05, 0) is 159 Å². The second-order valence-corrected chi connectivity index (χ2v) is 28.5. The molecule has 0 bridgehead atoms. The van der Waals surface area contributed by atoms with Crippen molar-refractivity contribution in [2.24, 2.45) is 23.2 Å². The van der Waals surface area contributed by atoms with Gasteiger partial charge in [0.25, 0.3) is 0 Å². The molecule has 0 radical (unpaired) electrons. The van der Waals surface area contributed by atoms with Crippen LogP contribution in [0.3, 0.4) is 0 Å². The summed E-state index contributed by atoms with van der Waals surface area (Å²) in [6.45, 7) is 40.5. The third-order valence-electron chi connectivity index (χ3n) is 18.2. The van der Waals surface area contributed by atoms with E-state index in [0.29, 0.717) is 17.8 Å². The zero-order chi connectivity index (χ0) is 53.7. The minimum atomic E-state index is -0.0309. The molecule has 0 saturated carbocycles. The van der Waals surface area contributed by atoms with Gasteiger partial charge in [0.2, 0.25) is 6.71 Å². The van der Waals surface area contributed by atoms with Crippen LogP contribution in [0.25, 0.3) is 4.91 Å². The van der Waals surface area contributed by atoms with Crippen LogP contribution in [0.5, 0.6) is 0 Å². The Bertz CT molecular complexity index is 3170.